The number of hydrogen-bond acceptors (Lipinski definition) is 5. The van der Waals surface area contributed by atoms with Crippen LogP contribution in [0.1, 0.15) is 29.7 Å². The van der Waals surface area contributed by atoms with Crippen LogP contribution in [0.2, 0.25) is 0 Å². The average Bonchev–Trinajstić information content (AvgIpc) is 3.11. The molecule has 3 aromatic rings. The van der Waals surface area contributed by atoms with Gasteiger partial charge in [0.05, 0.1) is 5.57 Å². The molecule has 8 heteroatoms. The number of amides is 1. The number of nitrogens with zero attached hydrogens (tertiary/aromatic N) is 3. The SMILES string of the molecule is CSc1nc2n(n1)[C@H](c1cccc(F)c1)C(C(=O)Nc1ccc(C)cc1C)=C(C)N2. The Morgan fingerprint density at radius 1 is 1.20 bits per heavy atom. The summed E-state index contributed by atoms with van der Waals surface area (Å²) in [6.45, 7) is 5.78. The summed E-state index contributed by atoms with van der Waals surface area (Å²) in [4.78, 5) is 17.9. The third-order valence-corrected chi connectivity index (χ3v) is 5.59. The molecule has 1 atom stereocenters. The minimum atomic E-state index is -0.601. The number of carbonyl (C=O) groups excluding carboxylic acids is 1. The monoisotopic (exact) mass is 423 g/mol. The van der Waals surface area contributed by atoms with Gasteiger partial charge in [-0.1, -0.05) is 41.6 Å². The molecular weight excluding hydrogens is 401 g/mol. The molecule has 0 saturated carbocycles. The molecule has 0 spiro atoms. The van der Waals surface area contributed by atoms with Crippen molar-refractivity contribution in [1.82, 2.24) is 14.8 Å². The number of hydrogen-bond donors (Lipinski definition) is 2. The molecule has 1 aliphatic heterocycles. The Labute approximate surface area is 178 Å². The van der Waals surface area contributed by atoms with Crippen LogP contribution in [0.5, 0.6) is 0 Å². The third kappa shape index (κ3) is 3.70. The third-order valence-electron chi connectivity index (χ3n) is 5.05. The second kappa shape index (κ2) is 7.95. The number of carbonyl (C=O) groups is 1. The molecule has 1 aromatic heterocycles. The fraction of sp³-hybridized carbons (Fsp3) is 0.227. The number of aromatic nitrogens is 3. The number of thioether (sulfide) groups is 1. The quantitative estimate of drug-likeness (QED) is 0.596. The first kappa shape index (κ1) is 20.2. The van der Waals surface area contributed by atoms with Gasteiger partial charge in [0.15, 0.2) is 0 Å². The van der Waals surface area contributed by atoms with Crippen molar-refractivity contribution in [2.24, 2.45) is 0 Å². The van der Waals surface area contributed by atoms with Crippen LogP contribution in [0.25, 0.3) is 0 Å². The van der Waals surface area contributed by atoms with E-state index in [1.165, 1.54) is 23.9 Å². The maximum absolute atomic E-state index is 14.1. The van der Waals surface area contributed by atoms with Crippen LogP contribution in [0, 0.1) is 19.7 Å². The van der Waals surface area contributed by atoms with Crippen LogP contribution in [-0.4, -0.2) is 26.9 Å². The minimum absolute atomic E-state index is 0.270. The van der Waals surface area contributed by atoms with E-state index in [0.717, 1.165) is 16.8 Å². The Morgan fingerprint density at radius 2 is 2.00 bits per heavy atom. The molecule has 2 N–H and O–H groups in total. The van der Waals surface area contributed by atoms with E-state index in [-0.39, 0.29) is 11.7 Å². The molecule has 0 saturated heterocycles. The highest BCUT2D eigenvalue weighted by molar-refractivity contribution is 7.98. The summed E-state index contributed by atoms with van der Waals surface area (Å²) in [5.74, 6) is -0.119. The molecule has 6 nitrogen and oxygen atoms in total. The zero-order chi connectivity index (χ0) is 21.4. The molecule has 0 fully saturated rings. The van der Waals surface area contributed by atoms with Crippen LogP contribution >= 0.6 is 11.8 Å². The van der Waals surface area contributed by atoms with E-state index < -0.39 is 6.04 Å². The molecule has 154 valence electrons. The van der Waals surface area contributed by atoms with Gasteiger partial charge in [-0.15, -0.1) is 5.10 Å². The van der Waals surface area contributed by atoms with E-state index in [9.17, 15) is 9.18 Å². The number of anilines is 2. The van der Waals surface area contributed by atoms with Crippen molar-refractivity contribution in [1.29, 1.82) is 0 Å². The van der Waals surface area contributed by atoms with Crippen LogP contribution in [0.15, 0.2) is 58.9 Å². The van der Waals surface area contributed by atoms with Crippen LogP contribution in [0.3, 0.4) is 0 Å². The predicted molar refractivity (Wildman–Crippen MR) is 117 cm³/mol. The lowest BCUT2D eigenvalue weighted by Gasteiger charge is -2.28. The molecule has 0 aliphatic carbocycles. The zero-order valence-corrected chi connectivity index (χ0v) is 18.0. The van der Waals surface area contributed by atoms with E-state index in [2.05, 4.69) is 20.7 Å². The molecule has 1 aliphatic rings. The second-order valence-corrected chi connectivity index (χ2v) is 8.03. The normalized spacial score (nSPS) is 15.6. The van der Waals surface area contributed by atoms with Crippen molar-refractivity contribution in [3.05, 3.63) is 76.2 Å². The highest BCUT2D eigenvalue weighted by Crippen LogP contribution is 2.36. The predicted octanol–water partition coefficient (Wildman–Crippen LogP) is 4.68. The maximum Gasteiger partial charge on any atom is 0.255 e. The summed E-state index contributed by atoms with van der Waals surface area (Å²) in [5.41, 5.74) is 4.57. The van der Waals surface area contributed by atoms with Gasteiger partial charge in [0.25, 0.3) is 5.91 Å². The number of fused-ring (bicyclic) bond motifs is 1. The average molecular weight is 424 g/mol. The summed E-state index contributed by atoms with van der Waals surface area (Å²) in [6.07, 6.45) is 1.88. The first-order valence-corrected chi connectivity index (χ1v) is 10.7. The summed E-state index contributed by atoms with van der Waals surface area (Å²) < 4.78 is 15.7. The van der Waals surface area contributed by atoms with Crippen molar-refractivity contribution >= 4 is 29.3 Å². The van der Waals surface area contributed by atoms with E-state index in [4.69, 9.17) is 0 Å². The molecule has 0 bridgehead atoms. The topological polar surface area (TPSA) is 71.8 Å². The fourth-order valence-electron chi connectivity index (χ4n) is 3.64. The standard InChI is InChI=1S/C22H22FN5OS/c1-12-8-9-17(13(2)10-12)25-20(29)18-14(3)24-21-26-22(30-4)27-28(21)19(18)15-6-5-7-16(23)11-15/h5-11,19H,1-4H3,(H,25,29)(H,24,26,27)/t19-/m1/s1. The van der Waals surface area contributed by atoms with E-state index in [1.807, 2.05) is 45.2 Å². The number of halogens is 1. The zero-order valence-electron chi connectivity index (χ0n) is 17.2. The van der Waals surface area contributed by atoms with Crippen molar-refractivity contribution < 1.29 is 9.18 Å². The van der Waals surface area contributed by atoms with Gasteiger partial charge in [-0.25, -0.2) is 9.07 Å². The van der Waals surface area contributed by atoms with Gasteiger partial charge in [-0.2, -0.15) is 4.98 Å². The van der Waals surface area contributed by atoms with Gasteiger partial charge < -0.3 is 10.6 Å². The molecule has 1 amide bonds. The van der Waals surface area contributed by atoms with E-state index in [0.29, 0.717) is 27.9 Å². The number of nitrogens with one attached hydrogen (secondary N) is 2. The fourth-order valence-corrected chi connectivity index (χ4v) is 3.99. The van der Waals surface area contributed by atoms with Gasteiger partial charge in [0.2, 0.25) is 11.1 Å². The molecule has 2 aromatic carbocycles. The Bertz CT molecular complexity index is 1170. The number of allylic oxidation sites excluding steroid dienone is 1. The molecule has 0 unspecified atom stereocenters. The van der Waals surface area contributed by atoms with Crippen molar-refractivity contribution in [3.63, 3.8) is 0 Å². The lowest BCUT2D eigenvalue weighted by Crippen LogP contribution is -2.31. The Balaban J connectivity index is 1.79. The number of benzene rings is 2. The van der Waals surface area contributed by atoms with Crippen molar-refractivity contribution in [2.75, 3.05) is 16.9 Å². The van der Waals surface area contributed by atoms with Gasteiger partial charge in [0.1, 0.15) is 11.9 Å². The summed E-state index contributed by atoms with van der Waals surface area (Å²) in [7, 11) is 0. The number of rotatable bonds is 4. The van der Waals surface area contributed by atoms with Crippen LogP contribution in [-0.2, 0) is 4.79 Å². The van der Waals surface area contributed by atoms with Crippen molar-refractivity contribution in [3.8, 4) is 0 Å². The Morgan fingerprint density at radius 3 is 2.70 bits per heavy atom. The summed E-state index contributed by atoms with van der Waals surface area (Å²) in [5, 5.41) is 11.3. The maximum atomic E-state index is 14.1. The molecular formula is C22H22FN5OS. The van der Waals surface area contributed by atoms with E-state index >= 15 is 0 Å². The molecule has 30 heavy (non-hydrogen) atoms. The Kier molecular flexibility index (Phi) is 5.34. The first-order valence-electron chi connectivity index (χ1n) is 9.49. The first-order chi connectivity index (χ1) is 14.4. The molecule has 2 heterocycles. The van der Waals surface area contributed by atoms with Crippen molar-refractivity contribution in [2.45, 2.75) is 32.0 Å². The molecule has 0 radical (unpaired) electrons. The minimum Gasteiger partial charge on any atom is -0.328 e. The van der Waals surface area contributed by atoms with Gasteiger partial charge in [0, 0.05) is 11.4 Å². The van der Waals surface area contributed by atoms with Crippen LogP contribution in [0.4, 0.5) is 16.0 Å². The second-order valence-electron chi connectivity index (χ2n) is 7.26. The Hall–Kier alpha value is -3.13. The van der Waals surface area contributed by atoms with Crippen LogP contribution < -0.4 is 10.6 Å². The van der Waals surface area contributed by atoms with Gasteiger partial charge in [-0.05, 0) is 56.4 Å². The van der Waals surface area contributed by atoms with E-state index in [1.54, 1.807) is 16.8 Å². The highest BCUT2D eigenvalue weighted by atomic mass is 32.2. The van der Waals surface area contributed by atoms with Gasteiger partial charge >= 0.3 is 0 Å². The smallest absolute Gasteiger partial charge is 0.255 e. The number of aryl methyl sites for hydroxylation is 2. The highest BCUT2D eigenvalue weighted by Gasteiger charge is 2.34. The summed E-state index contributed by atoms with van der Waals surface area (Å²) >= 11 is 1.40. The lowest BCUT2D eigenvalue weighted by atomic mass is 9.95. The largest absolute Gasteiger partial charge is 0.328 e. The molecule has 4 rings (SSSR count). The summed E-state index contributed by atoms with van der Waals surface area (Å²) in [6, 6.07) is 11.5. The van der Waals surface area contributed by atoms with Gasteiger partial charge in [-0.3, -0.25) is 4.79 Å². The lowest BCUT2D eigenvalue weighted by molar-refractivity contribution is -0.113.